The summed E-state index contributed by atoms with van der Waals surface area (Å²) in [5.41, 5.74) is -3.38. The maximum absolute atomic E-state index is 13.0. The van der Waals surface area contributed by atoms with Crippen molar-refractivity contribution in [3.63, 3.8) is 0 Å². The van der Waals surface area contributed by atoms with Crippen LogP contribution in [0.2, 0.25) is 0 Å². The van der Waals surface area contributed by atoms with Gasteiger partial charge < -0.3 is 4.90 Å². The number of hydrogen-bond donors (Lipinski definition) is 0. The van der Waals surface area contributed by atoms with Gasteiger partial charge in [0.25, 0.3) is 0 Å². The number of nitrogens with zero attached hydrogens (tertiary/aromatic N) is 2. The lowest BCUT2D eigenvalue weighted by Crippen LogP contribution is -2.50. The van der Waals surface area contributed by atoms with Gasteiger partial charge in [-0.05, 0) is 31.0 Å². The van der Waals surface area contributed by atoms with Crippen molar-refractivity contribution in [2.45, 2.75) is 30.1 Å². The average molecular weight is 430 g/mol. The molecule has 1 saturated carbocycles. The monoisotopic (exact) mass is 430 g/mol. The maximum atomic E-state index is 13.0. The molecule has 156 valence electrons. The molecule has 1 amide bonds. The highest BCUT2D eigenvalue weighted by atomic mass is 32.2. The molecule has 2 aliphatic rings. The summed E-state index contributed by atoms with van der Waals surface area (Å²) < 4.78 is 104. The molecule has 0 aromatic heterocycles. The Bertz CT molecular complexity index is 837. The van der Waals surface area contributed by atoms with Crippen LogP contribution in [0.4, 0.5) is 26.3 Å². The van der Waals surface area contributed by atoms with Gasteiger partial charge in [0.05, 0.1) is 16.0 Å². The van der Waals surface area contributed by atoms with Crippen LogP contribution in [0.25, 0.3) is 0 Å². The van der Waals surface area contributed by atoms with E-state index in [0.717, 1.165) is 17.1 Å². The zero-order valence-corrected chi connectivity index (χ0v) is 15.2. The van der Waals surface area contributed by atoms with Crippen molar-refractivity contribution in [1.29, 1.82) is 0 Å². The van der Waals surface area contributed by atoms with Crippen molar-refractivity contribution in [3.8, 4) is 0 Å². The molecule has 0 spiro atoms. The van der Waals surface area contributed by atoms with Gasteiger partial charge in [0.1, 0.15) is 0 Å². The van der Waals surface area contributed by atoms with Crippen molar-refractivity contribution >= 4 is 15.9 Å². The Morgan fingerprint density at radius 2 is 1.32 bits per heavy atom. The number of carbonyl (C=O) groups excluding carboxylic acids is 1. The standard InChI is InChI=1S/C16H16F6N2O3S/c17-15(18,19)11-7-12(16(20,21)22)9-13(8-11)28(26,27)24-5-3-23(4-6-24)14(25)10-1-2-10/h7-10H,1-6H2. The number of alkyl halides is 6. The molecule has 0 atom stereocenters. The van der Waals surface area contributed by atoms with Gasteiger partial charge in [-0.15, -0.1) is 0 Å². The molecule has 5 nitrogen and oxygen atoms in total. The third kappa shape index (κ3) is 4.27. The number of carbonyl (C=O) groups is 1. The van der Waals surface area contributed by atoms with Crippen molar-refractivity contribution in [3.05, 3.63) is 29.3 Å². The summed E-state index contributed by atoms with van der Waals surface area (Å²) in [6, 6.07) is 0.282. The lowest BCUT2D eigenvalue weighted by Gasteiger charge is -2.34. The second-order valence-electron chi connectivity index (χ2n) is 6.75. The van der Waals surface area contributed by atoms with Gasteiger partial charge >= 0.3 is 12.4 Å². The van der Waals surface area contributed by atoms with Gasteiger partial charge in [-0.3, -0.25) is 4.79 Å². The summed E-state index contributed by atoms with van der Waals surface area (Å²) in [4.78, 5) is 12.4. The number of hydrogen-bond acceptors (Lipinski definition) is 3. The number of piperazine rings is 1. The van der Waals surface area contributed by atoms with Crippen LogP contribution in [0, 0.1) is 5.92 Å². The molecule has 1 heterocycles. The lowest BCUT2D eigenvalue weighted by atomic mass is 10.1. The van der Waals surface area contributed by atoms with Crippen LogP contribution in [0.15, 0.2) is 23.1 Å². The first-order valence-electron chi connectivity index (χ1n) is 8.38. The molecular formula is C16H16F6N2O3S. The van der Waals surface area contributed by atoms with E-state index >= 15 is 0 Å². The normalized spacial score (nSPS) is 19.7. The number of sulfonamides is 1. The molecule has 0 unspecified atom stereocenters. The van der Waals surface area contributed by atoms with Crippen LogP contribution in [-0.4, -0.2) is 49.7 Å². The van der Waals surface area contributed by atoms with Crippen molar-refractivity contribution in [1.82, 2.24) is 9.21 Å². The molecule has 3 rings (SSSR count). The van der Waals surface area contributed by atoms with Gasteiger partial charge in [-0.2, -0.15) is 30.6 Å². The summed E-state index contributed by atoms with van der Waals surface area (Å²) in [6.07, 6.45) is -8.74. The highest BCUT2D eigenvalue weighted by Gasteiger charge is 2.40. The summed E-state index contributed by atoms with van der Waals surface area (Å²) >= 11 is 0. The molecule has 2 fully saturated rings. The van der Waals surface area contributed by atoms with Crippen LogP contribution < -0.4 is 0 Å². The van der Waals surface area contributed by atoms with E-state index in [-0.39, 0.29) is 56.2 Å². The van der Waals surface area contributed by atoms with Gasteiger partial charge in [-0.1, -0.05) is 0 Å². The molecule has 28 heavy (non-hydrogen) atoms. The first kappa shape index (κ1) is 20.9. The van der Waals surface area contributed by atoms with E-state index in [1.807, 2.05) is 0 Å². The second-order valence-corrected chi connectivity index (χ2v) is 8.68. The minimum absolute atomic E-state index is 0.0413. The highest BCUT2D eigenvalue weighted by Crippen LogP contribution is 2.38. The third-order valence-corrected chi connectivity index (χ3v) is 6.55. The molecule has 12 heteroatoms. The molecular weight excluding hydrogens is 414 g/mol. The minimum atomic E-state index is -5.14. The fraction of sp³-hybridized carbons (Fsp3) is 0.562. The summed E-state index contributed by atoms with van der Waals surface area (Å²) in [6.45, 7) is -0.309. The Hall–Kier alpha value is -1.82. The van der Waals surface area contributed by atoms with Gasteiger partial charge in [0.15, 0.2) is 0 Å². The molecule has 0 bridgehead atoms. The first-order chi connectivity index (χ1) is 12.8. The number of halogens is 6. The minimum Gasteiger partial charge on any atom is -0.340 e. The topological polar surface area (TPSA) is 57.7 Å². The van der Waals surface area contributed by atoms with Gasteiger partial charge in [0.2, 0.25) is 15.9 Å². The summed E-state index contributed by atoms with van der Waals surface area (Å²) in [5.74, 6) is -0.170. The van der Waals surface area contributed by atoms with E-state index in [4.69, 9.17) is 0 Å². The SMILES string of the molecule is O=C(C1CC1)N1CCN(S(=O)(=O)c2cc(C(F)(F)F)cc(C(F)(F)F)c2)CC1. The Labute approximate surface area is 157 Å². The highest BCUT2D eigenvalue weighted by molar-refractivity contribution is 7.89. The molecule has 1 aliphatic heterocycles. The Morgan fingerprint density at radius 3 is 1.71 bits per heavy atom. The molecule has 1 aromatic rings. The molecule has 1 aromatic carbocycles. The van der Waals surface area contributed by atoms with E-state index in [0.29, 0.717) is 0 Å². The fourth-order valence-corrected chi connectivity index (χ4v) is 4.46. The first-order valence-corrected chi connectivity index (χ1v) is 9.82. The van der Waals surface area contributed by atoms with E-state index in [2.05, 4.69) is 0 Å². The fourth-order valence-electron chi connectivity index (χ4n) is 2.96. The zero-order valence-electron chi connectivity index (χ0n) is 14.3. The smallest absolute Gasteiger partial charge is 0.340 e. The third-order valence-electron chi connectivity index (χ3n) is 4.68. The van der Waals surface area contributed by atoms with Crippen LogP contribution in [0.5, 0.6) is 0 Å². The molecule has 0 N–H and O–H groups in total. The summed E-state index contributed by atoms with van der Waals surface area (Å²) in [7, 11) is -4.59. The van der Waals surface area contributed by atoms with E-state index < -0.39 is 38.4 Å². The molecule has 0 radical (unpaired) electrons. The van der Waals surface area contributed by atoms with Crippen molar-refractivity contribution in [2.75, 3.05) is 26.2 Å². The molecule has 1 saturated heterocycles. The largest absolute Gasteiger partial charge is 0.416 e. The summed E-state index contributed by atoms with van der Waals surface area (Å²) in [5, 5.41) is 0. The van der Waals surface area contributed by atoms with E-state index in [1.165, 1.54) is 4.90 Å². The Morgan fingerprint density at radius 1 is 0.857 bits per heavy atom. The Balaban J connectivity index is 1.88. The lowest BCUT2D eigenvalue weighted by molar-refractivity contribution is -0.143. The van der Waals surface area contributed by atoms with E-state index in [1.54, 1.807) is 0 Å². The van der Waals surface area contributed by atoms with Crippen LogP contribution >= 0.6 is 0 Å². The van der Waals surface area contributed by atoms with Crippen molar-refractivity contribution in [2.24, 2.45) is 5.92 Å². The van der Waals surface area contributed by atoms with Gasteiger partial charge in [-0.25, -0.2) is 8.42 Å². The molecule has 1 aliphatic carbocycles. The number of benzene rings is 1. The van der Waals surface area contributed by atoms with Crippen LogP contribution in [0.1, 0.15) is 24.0 Å². The predicted molar refractivity (Wildman–Crippen MR) is 84.5 cm³/mol. The van der Waals surface area contributed by atoms with Crippen molar-refractivity contribution < 1.29 is 39.6 Å². The second kappa shape index (κ2) is 6.90. The number of amides is 1. The van der Waals surface area contributed by atoms with E-state index in [9.17, 15) is 39.6 Å². The zero-order chi connectivity index (χ0) is 20.9. The van der Waals surface area contributed by atoms with Gasteiger partial charge in [0, 0.05) is 32.1 Å². The average Bonchev–Trinajstić information content (AvgIpc) is 3.44. The van der Waals surface area contributed by atoms with Crippen LogP contribution in [-0.2, 0) is 27.2 Å². The Kier molecular flexibility index (Phi) is 5.15. The quantitative estimate of drug-likeness (QED) is 0.693. The maximum Gasteiger partial charge on any atom is 0.416 e. The predicted octanol–water partition coefficient (Wildman–Crippen LogP) is 2.97. The number of rotatable bonds is 3. The van der Waals surface area contributed by atoms with Crippen LogP contribution in [0.3, 0.4) is 0 Å².